The number of nitrogens with zero attached hydrogens (tertiary/aromatic N) is 3. The lowest BCUT2D eigenvalue weighted by Crippen LogP contribution is -2.36. The molecule has 2 aliphatic heterocycles. The molecule has 0 aromatic carbocycles. The van der Waals surface area contributed by atoms with Crippen molar-refractivity contribution in [1.29, 1.82) is 0 Å². The molecule has 3 rings (SSSR count). The minimum Gasteiger partial charge on any atom is -0.355 e. The number of pyridine rings is 1. The molecule has 0 saturated carbocycles. The molecule has 0 amide bonds. The minimum absolute atomic E-state index is 0.381. The Balaban J connectivity index is 1.68. The molecule has 0 aliphatic carbocycles. The third kappa shape index (κ3) is 3.38. The summed E-state index contributed by atoms with van der Waals surface area (Å²) < 4.78 is 0. The Morgan fingerprint density at radius 1 is 1.29 bits per heavy atom. The molecule has 0 bridgehead atoms. The maximum atomic E-state index is 4.73. The number of fused-ring (bicyclic) bond motifs is 1. The van der Waals surface area contributed by atoms with Crippen molar-refractivity contribution in [3.63, 3.8) is 0 Å². The molecule has 1 aromatic heterocycles. The monoisotopic (exact) mass is 288 g/mol. The van der Waals surface area contributed by atoms with Crippen molar-refractivity contribution in [2.24, 2.45) is 0 Å². The molecule has 2 atom stereocenters. The van der Waals surface area contributed by atoms with Gasteiger partial charge in [-0.3, -0.25) is 4.90 Å². The smallest absolute Gasteiger partial charge is 0.128 e. The lowest BCUT2D eigenvalue weighted by Gasteiger charge is -2.26. The summed E-state index contributed by atoms with van der Waals surface area (Å²) in [6.07, 6.45) is 6.02. The molecule has 2 aliphatic rings. The van der Waals surface area contributed by atoms with E-state index >= 15 is 0 Å². The van der Waals surface area contributed by atoms with Gasteiger partial charge in [-0.2, -0.15) is 0 Å². The molecule has 116 valence electrons. The first-order chi connectivity index (χ1) is 10.3. The highest BCUT2D eigenvalue weighted by Crippen LogP contribution is 2.24. The van der Waals surface area contributed by atoms with Gasteiger partial charge in [0, 0.05) is 37.9 Å². The molecule has 21 heavy (non-hydrogen) atoms. The molecular weight excluding hydrogens is 260 g/mol. The largest absolute Gasteiger partial charge is 0.355 e. The topological polar surface area (TPSA) is 31.4 Å². The van der Waals surface area contributed by atoms with E-state index in [-0.39, 0.29) is 0 Å². The van der Waals surface area contributed by atoms with Crippen LogP contribution in [0.3, 0.4) is 0 Å². The third-order valence-corrected chi connectivity index (χ3v) is 4.91. The van der Waals surface area contributed by atoms with E-state index in [4.69, 9.17) is 4.98 Å². The van der Waals surface area contributed by atoms with Crippen molar-refractivity contribution < 1.29 is 0 Å². The number of hydrogen-bond acceptors (Lipinski definition) is 4. The highest BCUT2D eigenvalue weighted by Gasteiger charge is 2.29. The van der Waals surface area contributed by atoms with E-state index in [0.717, 1.165) is 31.5 Å². The molecule has 1 aromatic rings. The van der Waals surface area contributed by atoms with Gasteiger partial charge in [0.1, 0.15) is 5.82 Å². The van der Waals surface area contributed by atoms with E-state index in [2.05, 4.69) is 41.1 Å². The Morgan fingerprint density at radius 2 is 2.14 bits per heavy atom. The van der Waals surface area contributed by atoms with Crippen LogP contribution in [0.2, 0.25) is 0 Å². The summed E-state index contributed by atoms with van der Waals surface area (Å²) >= 11 is 0. The van der Waals surface area contributed by atoms with Gasteiger partial charge in [0.15, 0.2) is 0 Å². The van der Waals surface area contributed by atoms with Gasteiger partial charge in [0.2, 0.25) is 0 Å². The number of anilines is 1. The van der Waals surface area contributed by atoms with E-state index in [0.29, 0.717) is 6.04 Å². The maximum absolute atomic E-state index is 4.73. The molecule has 2 saturated heterocycles. The van der Waals surface area contributed by atoms with Crippen molar-refractivity contribution in [1.82, 2.24) is 15.2 Å². The standard InChI is InChI=1S/C17H28N4/c1-3-18-14(2)15-7-8-17(19-12-15)21-11-5-10-20-9-4-6-16(20)13-21/h7-8,12,14,16,18H,3-6,9-11,13H2,1-2H3. The summed E-state index contributed by atoms with van der Waals surface area (Å²) in [7, 11) is 0. The van der Waals surface area contributed by atoms with E-state index < -0.39 is 0 Å². The van der Waals surface area contributed by atoms with Gasteiger partial charge >= 0.3 is 0 Å². The molecule has 4 nitrogen and oxygen atoms in total. The van der Waals surface area contributed by atoms with Crippen LogP contribution in [0.25, 0.3) is 0 Å². The fraction of sp³-hybridized carbons (Fsp3) is 0.706. The molecule has 2 fully saturated rings. The summed E-state index contributed by atoms with van der Waals surface area (Å²) in [6.45, 7) is 10.2. The van der Waals surface area contributed by atoms with Crippen LogP contribution in [-0.4, -0.2) is 48.6 Å². The third-order valence-electron chi connectivity index (χ3n) is 4.91. The number of nitrogens with one attached hydrogen (secondary N) is 1. The predicted octanol–water partition coefficient (Wildman–Crippen LogP) is 2.43. The quantitative estimate of drug-likeness (QED) is 0.922. The molecule has 4 heteroatoms. The van der Waals surface area contributed by atoms with Crippen LogP contribution in [0.5, 0.6) is 0 Å². The Labute approximate surface area is 128 Å². The fourth-order valence-corrected chi connectivity index (χ4v) is 3.68. The Hall–Kier alpha value is -1.13. The Bertz CT molecular complexity index is 445. The van der Waals surface area contributed by atoms with Crippen LogP contribution < -0.4 is 10.2 Å². The fourth-order valence-electron chi connectivity index (χ4n) is 3.68. The van der Waals surface area contributed by atoms with Crippen LogP contribution in [0.1, 0.15) is 44.7 Å². The molecule has 1 N–H and O–H groups in total. The lowest BCUT2D eigenvalue weighted by atomic mass is 10.1. The van der Waals surface area contributed by atoms with Gasteiger partial charge < -0.3 is 10.2 Å². The van der Waals surface area contributed by atoms with Crippen molar-refractivity contribution in [2.75, 3.05) is 37.6 Å². The average Bonchev–Trinajstić information content (AvgIpc) is 2.85. The van der Waals surface area contributed by atoms with Crippen molar-refractivity contribution in [3.8, 4) is 0 Å². The number of aromatic nitrogens is 1. The molecule has 3 heterocycles. The highest BCUT2D eigenvalue weighted by molar-refractivity contribution is 5.40. The first-order valence-electron chi connectivity index (χ1n) is 8.46. The van der Waals surface area contributed by atoms with Crippen molar-refractivity contribution >= 4 is 5.82 Å². The van der Waals surface area contributed by atoms with E-state index in [1.165, 1.54) is 37.9 Å². The normalized spacial score (nSPS) is 24.7. The highest BCUT2D eigenvalue weighted by atomic mass is 15.3. The second-order valence-corrected chi connectivity index (χ2v) is 6.36. The van der Waals surface area contributed by atoms with Crippen LogP contribution in [0.4, 0.5) is 5.82 Å². The van der Waals surface area contributed by atoms with Crippen LogP contribution in [-0.2, 0) is 0 Å². The van der Waals surface area contributed by atoms with Gasteiger partial charge in [-0.1, -0.05) is 13.0 Å². The zero-order valence-electron chi connectivity index (χ0n) is 13.4. The molecule has 2 unspecified atom stereocenters. The minimum atomic E-state index is 0.381. The molecular formula is C17H28N4. The zero-order chi connectivity index (χ0) is 14.7. The summed E-state index contributed by atoms with van der Waals surface area (Å²) in [5.41, 5.74) is 1.28. The Morgan fingerprint density at radius 3 is 2.90 bits per heavy atom. The predicted molar refractivity (Wildman–Crippen MR) is 87.8 cm³/mol. The molecule has 0 spiro atoms. The lowest BCUT2D eigenvalue weighted by molar-refractivity contribution is 0.273. The van der Waals surface area contributed by atoms with Crippen molar-refractivity contribution in [2.45, 2.75) is 45.2 Å². The van der Waals surface area contributed by atoms with Crippen LogP contribution in [0, 0.1) is 0 Å². The van der Waals surface area contributed by atoms with Gasteiger partial charge in [0.25, 0.3) is 0 Å². The summed E-state index contributed by atoms with van der Waals surface area (Å²) in [6, 6.07) is 5.56. The number of hydrogen-bond donors (Lipinski definition) is 1. The van der Waals surface area contributed by atoms with Gasteiger partial charge in [-0.05, 0) is 50.9 Å². The second kappa shape index (κ2) is 6.75. The first kappa shape index (κ1) is 14.8. The maximum Gasteiger partial charge on any atom is 0.128 e. The van der Waals surface area contributed by atoms with E-state index in [1.807, 2.05) is 6.20 Å². The van der Waals surface area contributed by atoms with Crippen LogP contribution >= 0.6 is 0 Å². The SMILES string of the molecule is CCNC(C)c1ccc(N2CCCN3CCCC3C2)nc1. The Kier molecular flexibility index (Phi) is 4.76. The van der Waals surface area contributed by atoms with Crippen LogP contribution in [0.15, 0.2) is 18.3 Å². The molecule has 0 radical (unpaired) electrons. The van der Waals surface area contributed by atoms with Crippen molar-refractivity contribution in [3.05, 3.63) is 23.9 Å². The number of rotatable bonds is 4. The van der Waals surface area contributed by atoms with Gasteiger partial charge in [-0.25, -0.2) is 4.98 Å². The second-order valence-electron chi connectivity index (χ2n) is 6.36. The summed E-state index contributed by atoms with van der Waals surface area (Å²) in [5, 5.41) is 3.44. The van der Waals surface area contributed by atoms with E-state index in [9.17, 15) is 0 Å². The average molecular weight is 288 g/mol. The van der Waals surface area contributed by atoms with E-state index in [1.54, 1.807) is 0 Å². The summed E-state index contributed by atoms with van der Waals surface area (Å²) in [4.78, 5) is 9.88. The van der Waals surface area contributed by atoms with Gasteiger partial charge in [0.05, 0.1) is 0 Å². The summed E-state index contributed by atoms with van der Waals surface area (Å²) in [5.74, 6) is 1.15. The zero-order valence-corrected chi connectivity index (χ0v) is 13.4. The first-order valence-corrected chi connectivity index (χ1v) is 8.46. The van der Waals surface area contributed by atoms with Gasteiger partial charge in [-0.15, -0.1) is 0 Å².